The monoisotopic (exact) mass is 586 g/mol. The Bertz CT molecular complexity index is 1510. The van der Waals surface area contributed by atoms with Gasteiger partial charge in [-0.2, -0.15) is 18.4 Å². The maximum absolute atomic E-state index is 13.8. The second kappa shape index (κ2) is 12.5. The van der Waals surface area contributed by atoms with Gasteiger partial charge in [0.2, 0.25) is 5.91 Å². The number of benzene rings is 2. The number of aromatic nitrogens is 1. The number of methoxy groups -OCH3 is 1. The van der Waals surface area contributed by atoms with Crippen LogP contribution in [0.2, 0.25) is 5.02 Å². The van der Waals surface area contributed by atoms with E-state index in [1.807, 2.05) is 0 Å². The van der Waals surface area contributed by atoms with E-state index in [1.165, 1.54) is 31.2 Å². The van der Waals surface area contributed by atoms with Crippen LogP contribution in [-0.4, -0.2) is 55.6 Å². The number of ether oxygens (including phenoxy) is 2. The van der Waals surface area contributed by atoms with Crippen molar-refractivity contribution in [2.24, 2.45) is 0 Å². The van der Waals surface area contributed by atoms with Crippen molar-refractivity contribution in [3.63, 3.8) is 0 Å². The third kappa shape index (κ3) is 6.55. The predicted octanol–water partition coefficient (Wildman–Crippen LogP) is 5.97. The van der Waals surface area contributed by atoms with Crippen molar-refractivity contribution in [1.82, 2.24) is 9.88 Å². The highest BCUT2D eigenvalue weighted by Crippen LogP contribution is 2.39. The van der Waals surface area contributed by atoms with E-state index in [-0.39, 0.29) is 45.5 Å². The number of hydrogen-bond acceptors (Lipinski definition) is 6. The Labute approximate surface area is 239 Å². The van der Waals surface area contributed by atoms with Crippen molar-refractivity contribution < 1.29 is 32.2 Å². The molecule has 1 aromatic heterocycles. The van der Waals surface area contributed by atoms with E-state index in [0.29, 0.717) is 37.0 Å². The van der Waals surface area contributed by atoms with Gasteiger partial charge in [0, 0.05) is 43.4 Å². The summed E-state index contributed by atoms with van der Waals surface area (Å²) >= 11 is 6.55. The summed E-state index contributed by atoms with van der Waals surface area (Å²) in [4.78, 5) is 32.5. The number of amides is 2. The van der Waals surface area contributed by atoms with Crippen molar-refractivity contribution >= 4 is 29.1 Å². The first-order valence-corrected chi connectivity index (χ1v) is 13.1. The number of piperidine rings is 1. The number of hydrogen-bond donors (Lipinski definition) is 0. The molecule has 2 aromatic carbocycles. The molecule has 0 bridgehead atoms. The van der Waals surface area contributed by atoms with Crippen LogP contribution in [0.5, 0.6) is 11.5 Å². The van der Waals surface area contributed by atoms with Gasteiger partial charge in [-0.05, 0) is 37.1 Å². The van der Waals surface area contributed by atoms with Crippen molar-refractivity contribution in [3.05, 3.63) is 70.5 Å². The van der Waals surface area contributed by atoms with E-state index in [0.717, 1.165) is 19.0 Å². The molecule has 12 heteroatoms. The molecule has 0 spiro atoms. The molecule has 0 unspecified atom stereocenters. The molecule has 41 heavy (non-hydrogen) atoms. The highest BCUT2D eigenvalue weighted by molar-refractivity contribution is 6.34. The smallest absolute Gasteiger partial charge is 0.433 e. The average Bonchev–Trinajstić information content (AvgIpc) is 2.96. The van der Waals surface area contributed by atoms with Crippen LogP contribution in [0.3, 0.4) is 0 Å². The number of alkyl halides is 3. The molecule has 0 aliphatic carbocycles. The number of likely N-dealkylation sites (tertiary alicyclic amines) is 1. The number of nitrogens with zero attached hydrogens (tertiary/aromatic N) is 4. The first kappa shape index (κ1) is 29.7. The molecule has 0 radical (unpaired) electrons. The van der Waals surface area contributed by atoms with Crippen LogP contribution in [0.15, 0.2) is 48.7 Å². The van der Waals surface area contributed by atoms with Gasteiger partial charge in [-0.1, -0.05) is 23.7 Å². The summed E-state index contributed by atoms with van der Waals surface area (Å²) in [5.41, 5.74) is -0.914. The molecule has 8 nitrogen and oxygen atoms in total. The number of pyridine rings is 1. The van der Waals surface area contributed by atoms with Crippen molar-refractivity contribution in [3.8, 4) is 28.7 Å². The maximum Gasteiger partial charge on any atom is 0.433 e. The molecule has 2 heterocycles. The molecule has 1 aliphatic heterocycles. The highest BCUT2D eigenvalue weighted by atomic mass is 35.5. The molecular weight excluding hydrogens is 561 g/mol. The quantitative estimate of drug-likeness (QED) is 0.323. The van der Waals surface area contributed by atoms with Crippen LogP contribution in [0.4, 0.5) is 18.9 Å². The van der Waals surface area contributed by atoms with Crippen LogP contribution in [-0.2, 0) is 11.0 Å². The molecule has 4 rings (SSSR count). The number of carbonyl (C=O) groups is 2. The zero-order valence-corrected chi connectivity index (χ0v) is 23.1. The van der Waals surface area contributed by atoms with Gasteiger partial charge in [0.05, 0.1) is 41.6 Å². The summed E-state index contributed by atoms with van der Waals surface area (Å²) in [5.74, 6) is 0.0322. The highest BCUT2D eigenvalue weighted by Gasteiger charge is 2.33. The summed E-state index contributed by atoms with van der Waals surface area (Å²) in [7, 11) is 3.00. The van der Waals surface area contributed by atoms with Crippen LogP contribution in [0, 0.1) is 11.3 Å². The molecule has 214 valence electrons. The third-order valence-electron chi connectivity index (χ3n) is 6.70. The van der Waals surface area contributed by atoms with Crippen LogP contribution >= 0.6 is 11.6 Å². The first-order valence-electron chi connectivity index (χ1n) is 12.7. The molecule has 2 amide bonds. The number of rotatable bonds is 8. The number of nitriles is 1. The number of anilines is 1. The molecule has 1 aliphatic rings. The summed E-state index contributed by atoms with van der Waals surface area (Å²) in [6, 6.07) is 12.0. The third-order valence-corrected chi connectivity index (χ3v) is 7.01. The van der Waals surface area contributed by atoms with Crippen molar-refractivity contribution in [2.75, 3.05) is 38.8 Å². The van der Waals surface area contributed by atoms with E-state index in [4.69, 9.17) is 21.1 Å². The molecule has 1 saturated heterocycles. The van der Waals surface area contributed by atoms with E-state index in [2.05, 4.69) is 4.98 Å². The van der Waals surface area contributed by atoms with Crippen molar-refractivity contribution in [1.29, 1.82) is 5.26 Å². The van der Waals surface area contributed by atoms with Gasteiger partial charge in [-0.15, -0.1) is 0 Å². The lowest BCUT2D eigenvalue weighted by Crippen LogP contribution is -2.38. The van der Waals surface area contributed by atoms with Gasteiger partial charge in [0.15, 0.2) is 0 Å². The van der Waals surface area contributed by atoms with Crippen LogP contribution < -0.4 is 14.4 Å². The Balaban J connectivity index is 1.76. The van der Waals surface area contributed by atoms with E-state index in [9.17, 15) is 28.0 Å². The lowest BCUT2D eigenvalue weighted by molar-refractivity contribution is -0.141. The lowest BCUT2D eigenvalue weighted by Gasteiger charge is -2.27. The maximum atomic E-state index is 13.8. The summed E-state index contributed by atoms with van der Waals surface area (Å²) in [5, 5.41) is 9.65. The minimum atomic E-state index is -4.75. The Morgan fingerprint density at radius 2 is 1.93 bits per heavy atom. The second-order valence-corrected chi connectivity index (χ2v) is 9.68. The Morgan fingerprint density at radius 1 is 1.17 bits per heavy atom. The Hall–Kier alpha value is -4.30. The standard InChI is InChI=1S/C29H26ClF3N4O4/c1-36(23-7-3-4-8-24(23)40-2)28(39)20-14-19(21-17-35-26(29(31,32)33)13-18(21)16-34)22(30)15-25(20)41-12-11-37-10-6-5-9-27(37)38/h3-4,7-8,13-15,17H,5-6,9-12H2,1-2H3. The van der Waals surface area contributed by atoms with Crippen LogP contribution in [0.1, 0.15) is 40.9 Å². The van der Waals surface area contributed by atoms with Gasteiger partial charge in [0.1, 0.15) is 23.8 Å². The summed E-state index contributed by atoms with van der Waals surface area (Å²) in [6.07, 6.45) is -1.65. The van der Waals surface area contributed by atoms with E-state index >= 15 is 0 Å². The topological polar surface area (TPSA) is 95.8 Å². The fraction of sp³-hybridized carbons (Fsp3) is 0.310. The Morgan fingerprint density at radius 3 is 2.61 bits per heavy atom. The minimum Gasteiger partial charge on any atom is -0.495 e. The fourth-order valence-electron chi connectivity index (χ4n) is 4.53. The number of carbonyl (C=O) groups excluding carboxylic acids is 2. The second-order valence-electron chi connectivity index (χ2n) is 9.28. The van der Waals surface area contributed by atoms with Gasteiger partial charge >= 0.3 is 6.18 Å². The average molecular weight is 587 g/mol. The molecule has 0 atom stereocenters. The normalized spacial score (nSPS) is 13.5. The molecule has 0 saturated carbocycles. The largest absolute Gasteiger partial charge is 0.495 e. The van der Waals surface area contributed by atoms with Gasteiger partial charge in [-0.3, -0.25) is 14.6 Å². The zero-order chi connectivity index (χ0) is 29.7. The fourth-order valence-corrected chi connectivity index (χ4v) is 4.78. The van der Waals surface area contributed by atoms with Crippen molar-refractivity contribution in [2.45, 2.75) is 25.4 Å². The SMILES string of the molecule is COc1ccccc1N(C)C(=O)c1cc(-c2cnc(C(F)(F)F)cc2C#N)c(Cl)cc1OCCN1CCCCC1=O. The van der Waals surface area contributed by atoms with Crippen LogP contribution in [0.25, 0.3) is 11.1 Å². The summed E-state index contributed by atoms with van der Waals surface area (Å²) < 4.78 is 51.0. The van der Waals surface area contributed by atoms with E-state index in [1.54, 1.807) is 35.2 Å². The molecule has 3 aromatic rings. The lowest BCUT2D eigenvalue weighted by atomic mass is 9.98. The van der Waals surface area contributed by atoms with E-state index < -0.39 is 17.8 Å². The zero-order valence-electron chi connectivity index (χ0n) is 22.3. The molecular formula is C29H26ClF3N4O4. The number of halogens is 4. The predicted molar refractivity (Wildman–Crippen MR) is 146 cm³/mol. The Kier molecular flexibility index (Phi) is 9.03. The molecule has 0 N–H and O–H groups in total. The van der Waals surface area contributed by atoms with Gasteiger partial charge in [0.25, 0.3) is 5.91 Å². The van der Waals surface area contributed by atoms with Gasteiger partial charge in [-0.25, -0.2) is 0 Å². The summed E-state index contributed by atoms with van der Waals surface area (Å²) in [6.45, 7) is 0.989. The first-order chi connectivity index (χ1) is 19.5. The number of para-hydroxylation sites is 2. The van der Waals surface area contributed by atoms with Gasteiger partial charge < -0.3 is 19.3 Å². The molecule has 1 fully saturated rings. The minimum absolute atomic E-state index is 0.0185.